The minimum Gasteiger partial charge on any atom is -0.338 e. The molecule has 2 aromatic heterocycles. The van der Waals surface area contributed by atoms with E-state index in [1.54, 1.807) is 40.0 Å². The molecule has 0 radical (unpaired) electrons. The van der Waals surface area contributed by atoms with Gasteiger partial charge in [-0.2, -0.15) is 5.10 Å². The van der Waals surface area contributed by atoms with E-state index in [1.165, 1.54) is 0 Å². The summed E-state index contributed by atoms with van der Waals surface area (Å²) >= 11 is 5.91. The standard InChI is InChI=1S/C23H24ClN5O2/c1-15-12-16(2)29(27-15)21-10-9-20(13-25-21)26-22(30)18-4-3-11-28(14-18)23(31)17-5-7-19(24)8-6-17/h5-10,12-13,18H,3-4,11,14H2,1-2H3,(H,26,30). The van der Waals surface area contributed by atoms with Gasteiger partial charge in [0.15, 0.2) is 5.82 Å². The van der Waals surface area contributed by atoms with Gasteiger partial charge in [0, 0.05) is 29.4 Å². The molecule has 1 fully saturated rings. The highest BCUT2D eigenvalue weighted by atomic mass is 35.5. The molecule has 8 heteroatoms. The van der Waals surface area contributed by atoms with E-state index >= 15 is 0 Å². The van der Waals surface area contributed by atoms with Crippen molar-refractivity contribution in [3.05, 3.63) is 70.6 Å². The van der Waals surface area contributed by atoms with Crippen molar-refractivity contribution in [2.24, 2.45) is 5.92 Å². The van der Waals surface area contributed by atoms with Crippen LogP contribution < -0.4 is 5.32 Å². The molecular formula is C23H24ClN5O2. The van der Waals surface area contributed by atoms with Crippen LogP contribution in [-0.4, -0.2) is 44.6 Å². The molecule has 1 atom stereocenters. The third-order valence-corrected chi connectivity index (χ3v) is 5.66. The number of hydrogen-bond donors (Lipinski definition) is 1. The van der Waals surface area contributed by atoms with Crippen LogP contribution >= 0.6 is 11.6 Å². The molecule has 2 amide bonds. The fourth-order valence-electron chi connectivity index (χ4n) is 3.84. The van der Waals surface area contributed by atoms with Crippen LogP contribution in [0.15, 0.2) is 48.7 Å². The number of likely N-dealkylation sites (tertiary alicyclic amines) is 1. The average molecular weight is 438 g/mol. The number of piperidine rings is 1. The maximum atomic E-state index is 12.8. The number of nitrogens with zero attached hydrogens (tertiary/aromatic N) is 4. The predicted molar refractivity (Wildman–Crippen MR) is 120 cm³/mol. The van der Waals surface area contributed by atoms with Gasteiger partial charge < -0.3 is 10.2 Å². The molecule has 0 aliphatic carbocycles. The Morgan fingerprint density at radius 3 is 2.55 bits per heavy atom. The van der Waals surface area contributed by atoms with E-state index in [0.717, 1.165) is 24.2 Å². The Bertz CT molecular complexity index is 1090. The lowest BCUT2D eigenvalue weighted by molar-refractivity contribution is -0.121. The van der Waals surface area contributed by atoms with Crippen LogP contribution in [0, 0.1) is 19.8 Å². The van der Waals surface area contributed by atoms with Gasteiger partial charge in [-0.25, -0.2) is 9.67 Å². The minimum absolute atomic E-state index is 0.0786. The van der Waals surface area contributed by atoms with E-state index in [2.05, 4.69) is 15.4 Å². The van der Waals surface area contributed by atoms with Crippen LogP contribution in [-0.2, 0) is 4.79 Å². The highest BCUT2D eigenvalue weighted by Gasteiger charge is 2.29. The Morgan fingerprint density at radius 1 is 1.13 bits per heavy atom. The number of aromatic nitrogens is 3. The molecule has 0 saturated carbocycles. The van der Waals surface area contributed by atoms with Gasteiger partial charge in [-0.1, -0.05) is 11.6 Å². The van der Waals surface area contributed by atoms with Gasteiger partial charge in [0.25, 0.3) is 5.91 Å². The zero-order chi connectivity index (χ0) is 22.0. The molecule has 1 aliphatic heterocycles. The van der Waals surface area contributed by atoms with Gasteiger partial charge >= 0.3 is 0 Å². The molecule has 3 aromatic rings. The highest BCUT2D eigenvalue weighted by molar-refractivity contribution is 6.30. The summed E-state index contributed by atoms with van der Waals surface area (Å²) < 4.78 is 1.77. The lowest BCUT2D eigenvalue weighted by atomic mass is 9.96. The number of amides is 2. The van der Waals surface area contributed by atoms with E-state index in [1.807, 2.05) is 32.0 Å². The molecule has 1 unspecified atom stereocenters. The second kappa shape index (κ2) is 8.89. The lowest BCUT2D eigenvalue weighted by Crippen LogP contribution is -2.43. The molecule has 31 heavy (non-hydrogen) atoms. The van der Waals surface area contributed by atoms with E-state index in [9.17, 15) is 9.59 Å². The first-order valence-electron chi connectivity index (χ1n) is 10.3. The first-order chi connectivity index (χ1) is 14.9. The summed E-state index contributed by atoms with van der Waals surface area (Å²) in [6.45, 7) is 4.94. The second-order valence-electron chi connectivity index (χ2n) is 7.83. The molecule has 1 aromatic carbocycles. The van der Waals surface area contributed by atoms with Gasteiger partial charge in [-0.15, -0.1) is 0 Å². The van der Waals surface area contributed by atoms with Crippen LogP contribution in [0.4, 0.5) is 5.69 Å². The molecular weight excluding hydrogens is 414 g/mol. The van der Waals surface area contributed by atoms with E-state index in [-0.39, 0.29) is 17.7 Å². The number of rotatable bonds is 4. The van der Waals surface area contributed by atoms with Crippen molar-refractivity contribution in [1.29, 1.82) is 0 Å². The summed E-state index contributed by atoms with van der Waals surface area (Å²) in [5.41, 5.74) is 3.12. The van der Waals surface area contributed by atoms with Crippen LogP contribution in [0.25, 0.3) is 5.82 Å². The van der Waals surface area contributed by atoms with Crippen molar-refractivity contribution < 1.29 is 9.59 Å². The van der Waals surface area contributed by atoms with Crippen molar-refractivity contribution in [2.75, 3.05) is 18.4 Å². The van der Waals surface area contributed by atoms with Crippen molar-refractivity contribution in [2.45, 2.75) is 26.7 Å². The highest BCUT2D eigenvalue weighted by Crippen LogP contribution is 2.21. The number of hydrogen-bond acceptors (Lipinski definition) is 4. The van der Waals surface area contributed by atoms with Crippen LogP contribution in [0.5, 0.6) is 0 Å². The summed E-state index contributed by atoms with van der Waals surface area (Å²) in [6.07, 6.45) is 3.16. The molecule has 1 N–H and O–H groups in total. The van der Waals surface area contributed by atoms with Gasteiger partial charge in [-0.05, 0) is 69.2 Å². The Kier molecular flexibility index (Phi) is 6.04. The SMILES string of the molecule is Cc1cc(C)n(-c2ccc(NC(=O)C3CCCN(C(=O)c4ccc(Cl)cc4)C3)cn2)n1. The van der Waals surface area contributed by atoms with Gasteiger partial charge in [-0.3, -0.25) is 9.59 Å². The minimum atomic E-state index is -0.263. The normalized spacial score (nSPS) is 16.2. The lowest BCUT2D eigenvalue weighted by Gasteiger charge is -2.32. The topological polar surface area (TPSA) is 80.1 Å². The van der Waals surface area contributed by atoms with Gasteiger partial charge in [0.2, 0.25) is 5.91 Å². The zero-order valence-corrected chi connectivity index (χ0v) is 18.3. The summed E-state index contributed by atoms with van der Waals surface area (Å²) in [5.74, 6) is 0.251. The molecule has 160 valence electrons. The average Bonchev–Trinajstić information content (AvgIpc) is 3.12. The fourth-order valence-corrected chi connectivity index (χ4v) is 3.97. The summed E-state index contributed by atoms with van der Waals surface area (Å²) in [5, 5.41) is 7.94. The number of halogens is 1. The van der Waals surface area contributed by atoms with E-state index < -0.39 is 0 Å². The number of nitrogens with one attached hydrogen (secondary N) is 1. The van der Waals surface area contributed by atoms with Gasteiger partial charge in [0.1, 0.15) is 0 Å². The quantitative estimate of drug-likeness (QED) is 0.668. The number of carbonyl (C=O) groups excluding carboxylic acids is 2. The summed E-state index contributed by atoms with van der Waals surface area (Å²) in [6, 6.07) is 12.5. The Hall–Kier alpha value is -3.19. The second-order valence-corrected chi connectivity index (χ2v) is 8.27. The monoisotopic (exact) mass is 437 g/mol. The Morgan fingerprint density at radius 2 is 1.90 bits per heavy atom. The largest absolute Gasteiger partial charge is 0.338 e. The third-order valence-electron chi connectivity index (χ3n) is 5.41. The first-order valence-corrected chi connectivity index (χ1v) is 10.6. The first kappa shape index (κ1) is 21.1. The maximum absolute atomic E-state index is 12.8. The number of pyridine rings is 1. The Balaban J connectivity index is 1.39. The van der Waals surface area contributed by atoms with Crippen molar-refractivity contribution >= 4 is 29.1 Å². The van der Waals surface area contributed by atoms with Crippen LogP contribution in [0.3, 0.4) is 0 Å². The molecule has 3 heterocycles. The number of anilines is 1. The maximum Gasteiger partial charge on any atom is 0.253 e. The number of benzene rings is 1. The molecule has 7 nitrogen and oxygen atoms in total. The predicted octanol–water partition coefficient (Wildman–Crippen LogP) is 4.03. The molecule has 1 aliphatic rings. The van der Waals surface area contributed by atoms with E-state index in [4.69, 9.17) is 11.6 Å². The smallest absolute Gasteiger partial charge is 0.253 e. The molecule has 4 rings (SSSR count). The number of carbonyl (C=O) groups is 2. The van der Waals surface area contributed by atoms with Crippen LogP contribution in [0.2, 0.25) is 5.02 Å². The van der Waals surface area contributed by atoms with Crippen molar-refractivity contribution in [1.82, 2.24) is 19.7 Å². The molecule has 0 spiro atoms. The van der Waals surface area contributed by atoms with E-state index in [0.29, 0.717) is 35.2 Å². The van der Waals surface area contributed by atoms with Crippen LogP contribution in [0.1, 0.15) is 34.6 Å². The fraction of sp³-hybridized carbons (Fsp3) is 0.304. The summed E-state index contributed by atoms with van der Waals surface area (Å²) in [7, 11) is 0. The molecule has 1 saturated heterocycles. The van der Waals surface area contributed by atoms with Crippen molar-refractivity contribution in [3.63, 3.8) is 0 Å². The van der Waals surface area contributed by atoms with Crippen molar-refractivity contribution in [3.8, 4) is 5.82 Å². The summed E-state index contributed by atoms with van der Waals surface area (Å²) in [4.78, 5) is 31.7. The Labute approximate surface area is 186 Å². The van der Waals surface area contributed by atoms with Gasteiger partial charge in [0.05, 0.1) is 23.5 Å². The number of aryl methyl sites for hydroxylation is 2. The third kappa shape index (κ3) is 4.77. The molecule has 0 bridgehead atoms. The zero-order valence-electron chi connectivity index (χ0n) is 17.5.